The maximum absolute atomic E-state index is 12.6. The Morgan fingerprint density at radius 2 is 2.18 bits per heavy atom. The Morgan fingerprint density at radius 3 is 2.86 bits per heavy atom. The number of nitrogens with zero attached hydrogens (tertiary/aromatic N) is 4. The molecule has 2 aromatic rings. The van der Waals surface area contributed by atoms with Gasteiger partial charge >= 0.3 is 0 Å². The van der Waals surface area contributed by atoms with Crippen LogP contribution in [0.3, 0.4) is 0 Å². The van der Waals surface area contributed by atoms with E-state index in [-0.39, 0.29) is 12.0 Å². The van der Waals surface area contributed by atoms with Gasteiger partial charge in [-0.25, -0.2) is 15.0 Å². The van der Waals surface area contributed by atoms with E-state index in [0.29, 0.717) is 24.6 Å². The molecule has 1 saturated heterocycles. The maximum Gasteiger partial charge on any atom is 0.266 e. The number of aromatic nitrogens is 3. The molecule has 3 heterocycles. The summed E-state index contributed by atoms with van der Waals surface area (Å²) in [5.41, 5.74) is 4.24. The fraction of sp³-hybridized carbons (Fsp3) is 0.467. The summed E-state index contributed by atoms with van der Waals surface area (Å²) < 4.78 is 5.81. The number of hydrogen-bond donors (Lipinski definition) is 0. The minimum atomic E-state index is -0.202. The lowest BCUT2D eigenvalue weighted by molar-refractivity contribution is -0.0247. The van der Waals surface area contributed by atoms with E-state index in [2.05, 4.69) is 15.0 Å². The molecule has 22 heavy (non-hydrogen) atoms. The first-order valence-corrected chi connectivity index (χ1v) is 8.05. The molecule has 1 aliphatic heterocycles. The first kappa shape index (κ1) is 15.1. The lowest BCUT2D eigenvalue weighted by atomic mass is 10.1. The zero-order valence-corrected chi connectivity index (χ0v) is 13.7. The third kappa shape index (κ3) is 3.00. The highest BCUT2D eigenvalue weighted by Gasteiger charge is 2.28. The third-order valence-electron chi connectivity index (χ3n) is 3.61. The number of hydrogen-bond acceptors (Lipinski definition) is 6. The van der Waals surface area contributed by atoms with Crippen molar-refractivity contribution in [2.45, 2.75) is 26.9 Å². The third-order valence-corrected chi connectivity index (χ3v) is 4.53. The molecular formula is C15H18N4O2S. The van der Waals surface area contributed by atoms with Crippen molar-refractivity contribution in [1.29, 1.82) is 0 Å². The molecule has 1 unspecified atom stereocenters. The molecular weight excluding hydrogens is 300 g/mol. The van der Waals surface area contributed by atoms with Crippen LogP contribution in [0.4, 0.5) is 0 Å². The van der Waals surface area contributed by atoms with E-state index in [0.717, 1.165) is 22.9 Å². The van der Waals surface area contributed by atoms with Crippen molar-refractivity contribution in [3.63, 3.8) is 0 Å². The van der Waals surface area contributed by atoms with Crippen LogP contribution in [0.1, 0.15) is 38.7 Å². The molecule has 7 heteroatoms. The number of carbonyl (C=O) groups is 1. The van der Waals surface area contributed by atoms with Crippen molar-refractivity contribution in [2.75, 3.05) is 19.7 Å². The minimum Gasteiger partial charge on any atom is -0.368 e. The van der Waals surface area contributed by atoms with Gasteiger partial charge in [-0.3, -0.25) is 4.79 Å². The summed E-state index contributed by atoms with van der Waals surface area (Å²) in [6.07, 6.45) is -0.202. The zero-order valence-electron chi connectivity index (χ0n) is 12.9. The fourth-order valence-electron chi connectivity index (χ4n) is 2.57. The Morgan fingerprint density at radius 1 is 1.36 bits per heavy atom. The SMILES string of the molecule is Cc1cc(C2CN(C(=O)c3scnc3C)CCO2)nc(C)n1. The van der Waals surface area contributed by atoms with Crippen LogP contribution >= 0.6 is 11.3 Å². The molecule has 1 aliphatic rings. The lowest BCUT2D eigenvalue weighted by Gasteiger charge is -2.32. The van der Waals surface area contributed by atoms with Gasteiger partial charge in [0, 0.05) is 12.2 Å². The Kier molecular flexibility index (Phi) is 4.17. The van der Waals surface area contributed by atoms with Gasteiger partial charge in [0.2, 0.25) is 0 Å². The number of carbonyl (C=O) groups excluding carboxylic acids is 1. The molecule has 116 valence electrons. The summed E-state index contributed by atoms with van der Waals surface area (Å²) in [5, 5.41) is 0. The second-order valence-corrected chi connectivity index (χ2v) is 6.21. The number of morpholine rings is 1. The highest BCUT2D eigenvalue weighted by molar-refractivity contribution is 7.11. The highest BCUT2D eigenvalue weighted by atomic mass is 32.1. The summed E-state index contributed by atoms with van der Waals surface area (Å²) in [5.74, 6) is 0.746. The Balaban J connectivity index is 1.79. The van der Waals surface area contributed by atoms with Crippen LogP contribution < -0.4 is 0 Å². The van der Waals surface area contributed by atoms with Crippen LogP contribution in [0.15, 0.2) is 11.6 Å². The van der Waals surface area contributed by atoms with Gasteiger partial charge in [0.05, 0.1) is 30.1 Å². The van der Waals surface area contributed by atoms with Crippen molar-refractivity contribution >= 4 is 17.2 Å². The van der Waals surface area contributed by atoms with Crippen molar-refractivity contribution in [2.24, 2.45) is 0 Å². The van der Waals surface area contributed by atoms with Crippen LogP contribution in [0.5, 0.6) is 0 Å². The fourth-order valence-corrected chi connectivity index (χ4v) is 3.34. The van der Waals surface area contributed by atoms with Gasteiger partial charge in [-0.15, -0.1) is 11.3 Å². The number of thiazole rings is 1. The molecule has 1 atom stereocenters. The summed E-state index contributed by atoms with van der Waals surface area (Å²) in [7, 11) is 0. The van der Waals surface area contributed by atoms with Crippen molar-refractivity contribution in [3.8, 4) is 0 Å². The summed E-state index contributed by atoms with van der Waals surface area (Å²) in [6, 6.07) is 1.92. The van der Waals surface area contributed by atoms with E-state index >= 15 is 0 Å². The quantitative estimate of drug-likeness (QED) is 0.848. The van der Waals surface area contributed by atoms with Crippen LogP contribution in [0, 0.1) is 20.8 Å². The van der Waals surface area contributed by atoms with E-state index in [1.807, 2.05) is 31.7 Å². The zero-order chi connectivity index (χ0) is 15.7. The Bertz CT molecular complexity index is 680. The van der Waals surface area contributed by atoms with Gasteiger partial charge < -0.3 is 9.64 Å². The van der Waals surface area contributed by atoms with Gasteiger partial charge in [0.15, 0.2) is 0 Å². The second-order valence-electron chi connectivity index (χ2n) is 5.36. The van der Waals surface area contributed by atoms with Crippen molar-refractivity contribution in [3.05, 3.63) is 39.4 Å². The molecule has 0 aromatic carbocycles. The molecule has 0 spiro atoms. The first-order valence-electron chi connectivity index (χ1n) is 7.17. The molecule has 1 fully saturated rings. The van der Waals surface area contributed by atoms with Crippen molar-refractivity contribution < 1.29 is 9.53 Å². The number of amides is 1. The van der Waals surface area contributed by atoms with Crippen LogP contribution in [-0.2, 0) is 4.74 Å². The predicted molar refractivity (Wildman–Crippen MR) is 83.0 cm³/mol. The van der Waals surface area contributed by atoms with Gasteiger partial charge in [-0.1, -0.05) is 0 Å². The topological polar surface area (TPSA) is 68.2 Å². The molecule has 3 rings (SSSR count). The second kappa shape index (κ2) is 6.10. The molecule has 0 aliphatic carbocycles. The van der Waals surface area contributed by atoms with Gasteiger partial charge in [0.1, 0.15) is 16.8 Å². The van der Waals surface area contributed by atoms with E-state index in [1.165, 1.54) is 11.3 Å². The molecule has 2 aromatic heterocycles. The van der Waals surface area contributed by atoms with Crippen LogP contribution in [0.2, 0.25) is 0 Å². The summed E-state index contributed by atoms with van der Waals surface area (Å²) in [6.45, 7) is 7.27. The molecule has 0 bridgehead atoms. The predicted octanol–water partition coefficient (Wildman–Crippen LogP) is 2.07. The number of rotatable bonds is 2. The number of aryl methyl sites for hydroxylation is 3. The first-order chi connectivity index (χ1) is 10.5. The molecule has 1 amide bonds. The van der Waals surface area contributed by atoms with E-state index in [9.17, 15) is 4.79 Å². The largest absolute Gasteiger partial charge is 0.368 e. The summed E-state index contributed by atoms with van der Waals surface area (Å²) >= 11 is 1.38. The van der Waals surface area contributed by atoms with E-state index in [1.54, 1.807) is 5.51 Å². The van der Waals surface area contributed by atoms with E-state index in [4.69, 9.17) is 4.74 Å². The molecule has 0 radical (unpaired) electrons. The maximum atomic E-state index is 12.6. The average molecular weight is 318 g/mol. The molecule has 0 saturated carbocycles. The van der Waals surface area contributed by atoms with Crippen LogP contribution in [0.25, 0.3) is 0 Å². The van der Waals surface area contributed by atoms with Gasteiger partial charge in [0.25, 0.3) is 5.91 Å². The monoisotopic (exact) mass is 318 g/mol. The molecule has 0 N–H and O–H groups in total. The molecule has 6 nitrogen and oxygen atoms in total. The van der Waals surface area contributed by atoms with Crippen molar-refractivity contribution in [1.82, 2.24) is 19.9 Å². The normalized spacial score (nSPS) is 18.5. The summed E-state index contributed by atoms with van der Waals surface area (Å²) in [4.78, 5) is 28.0. The standard InChI is InChI=1S/C15H18N4O2S/c1-9-6-12(18-11(3)17-9)13-7-19(4-5-21-13)15(20)14-10(2)16-8-22-14/h6,8,13H,4-5,7H2,1-3H3. The van der Waals surface area contributed by atoms with Gasteiger partial charge in [-0.2, -0.15) is 0 Å². The smallest absolute Gasteiger partial charge is 0.266 e. The number of ether oxygens (including phenoxy) is 1. The average Bonchev–Trinajstić information content (AvgIpc) is 2.92. The van der Waals surface area contributed by atoms with Crippen LogP contribution in [-0.4, -0.2) is 45.5 Å². The lowest BCUT2D eigenvalue weighted by Crippen LogP contribution is -2.42. The van der Waals surface area contributed by atoms with Gasteiger partial charge in [-0.05, 0) is 26.8 Å². The Labute approximate surface area is 133 Å². The minimum absolute atomic E-state index is 0.0239. The van der Waals surface area contributed by atoms with E-state index < -0.39 is 0 Å². The Hall–Kier alpha value is -1.86. The highest BCUT2D eigenvalue weighted by Crippen LogP contribution is 2.24.